The van der Waals surface area contributed by atoms with Crippen LogP contribution in [0.15, 0.2) is 42.5 Å². The summed E-state index contributed by atoms with van der Waals surface area (Å²) >= 11 is 0. The van der Waals surface area contributed by atoms with Gasteiger partial charge in [0.2, 0.25) is 0 Å². The van der Waals surface area contributed by atoms with Gasteiger partial charge in [-0.25, -0.2) is 4.39 Å². The number of hydrogen-bond donors (Lipinski definition) is 2. The molecule has 0 unspecified atom stereocenters. The van der Waals surface area contributed by atoms with E-state index in [-0.39, 0.29) is 11.7 Å². The molecule has 0 aromatic heterocycles. The Labute approximate surface area is 123 Å². The van der Waals surface area contributed by atoms with E-state index in [0.29, 0.717) is 23.4 Å². The van der Waals surface area contributed by atoms with E-state index in [9.17, 15) is 4.39 Å². The van der Waals surface area contributed by atoms with E-state index < -0.39 is 0 Å². The third-order valence-corrected chi connectivity index (χ3v) is 3.27. The largest absolute Gasteiger partial charge is 0.497 e. The summed E-state index contributed by atoms with van der Waals surface area (Å²) in [6.45, 7) is 0.375. The van der Waals surface area contributed by atoms with Crippen LogP contribution >= 0.6 is 0 Å². The standard InChI is InChI=1S/C16H18FN3O/c1-20(15-6-4-3-5-13(15)16(18)19)10-11-7-8-12(21-2)9-14(11)17/h3-9H,10H2,1-2H3,(H3,18,19). The first-order chi connectivity index (χ1) is 10.0. The zero-order valence-corrected chi connectivity index (χ0v) is 12.1. The van der Waals surface area contributed by atoms with Crippen LogP contribution in [0.5, 0.6) is 5.75 Å². The fourth-order valence-electron chi connectivity index (χ4n) is 2.16. The quantitative estimate of drug-likeness (QED) is 0.656. The summed E-state index contributed by atoms with van der Waals surface area (Å²) in [6, 6.07) is 12.1. The Morgan fingerprint density at radius 1 is 1.29 bits per heavy atom. The van der Waals surface area contributed by atoms with Gasteiger partial charge in [-0.3, -0.25) is 5.41 Å². The van der Waals surface area contributed by atoms with Gasteiger partial charge in [0, 0.05) is 36.5 Å². The monoisotopic (exact) mass is 287 g/mol. The molecule has 21 heavy (non-hydrogen) atoms. The predicted molar refractivity (Wildman–Crippen MR) is 82.5 cm³/mol. The van der Waals surface area contributed by atoms with Crippen molar-refractivity contribution in [2.24, 2.45) is 5.73 Å². The zero-order chi connectivity index (χ0) is 15.4. The highest BCUT2D eigenvalue weighted by molar-refractivity contribution is 6.00. The van der Waals surface area contributed by atoms with Crippen molar-refractivity contribution >= 4 is 11.5 Å². The summed E-state index contributed by atoms with van der Waals surface area (Å²) < 4.78 is 19.0. The number of benzene rings is 2. The van der Waals surface area contributed by atoms with Crippen LogP contribution in [0.4, 0.5) is 10.1 Å². The molecule has 5 heteroatoms. The van der Waals surface area contributed by atoms with E-state index in [0.717, 1.165) is 5.69 Å². The van der Waals surface area contributed by atoms with E-state index in [2.05, 4.69) is 0 Å². The molecule has 3 N–H and O–H groups in total. The van der Waals surface area contributed by atoms with Gasteiger partial charge in [-0.1, -0.05) is 18.2 Å². The molecule has 0 aliphatic rings. The highest BCUT2D eigenvalue weighted by Gasteiger charge is 2.12. The van der Waals surface area contributed by atoms with Gasteiger partial charge in [0.25, 0.3) is 0 Å². The maximum atomic E-state index is 14.0. The summed E-state index contributed by atoms with van der Waals surface area (Å²) in [5.74, 6) is 0.164. The van der Waals surface area contributed by atoms with Gasteiger partial charge in [-0.05, 0) is 18.2 Å². The molecule has 0 radical (unpaired) electrons. The van der Waals surface area contributed by atoms with Gasteiger partial charge in [0.1, 0.15) is 17.4 Å². The minimum Gasteiger partial charge on any atom is -0.497 e. The average molecular weight is 287 g/mol. The number of ether oxygens (including phenoxy) is 1. The van der Waals surface area contributed by atoms with Crippen molar-refractivity contribution in [3.8, 4) is 5.75 Å². The van der Waals surface area contributed by atoms with Crippen LogP contribution in [0, 0.1) is 11.2 Å². The second-order valence-corrected chi connectivity index (χ2v) is 4.74. The average Bonchev–Trinajstić information content (AvgIpc) is 2.49. The Kier molecular flexibility index (Phi) is 4.42. The topological polar surface area (TPSA) is 62.3 Å². The van der Waals surface area contributed by atoms with Crippen molar-refractivity contribution in [2.45, 2.75) is 6.54 Å². The van der Waals surface area contributed by atoms with Crippen LogP contribution < -0.4 is 15.4 Å². The SMILES string of the molecule is COc1ccc(CN(C)c2ccccc2C(=N)N)c(F)c1. The lowest BCUT2D eigenvalue weighted by atomic mass is 10.1. The molecule has 0 bridgehead atoms. The van der Waals surface area contributed by atoms with Gasteiger partial charge >= 0.3 is 0 Å². The highest BCUT2D eigenvalue weighted by Crippen LogP contribution is 2.23. The number of rotatable bonds is 5. The first-order valence-electron chi connectivity index (χ1n) is 6.50. The van der Waals surface area contributed by atoms with Gasteiger partial charge in [-0.2, -0.15) is 0 Å². The molecule has 0 saturated carbocycles. The second kappa shape index (κ2) is 6.26. The maximum Gasteiger partial charge on any atom is 0.131 e. The number of anilines is 1. The number of para-hydroxylation sites is 1. The van der Waals surface area contributed by atoms with E-state index in [1.54, 1.807) is 18.2 Å². The summed E-state index contributed by atoms with van der Waals surface area (Å²) in [6.07, 6.45) is 0. The number of hydrogen-bond acceptors (Lipinski definition) is 3. The Balaban J connectivity index is 2.26. The Bertz CT molecular complexity index is 658. The second-order valence-electron chi connectivity index (χ2n) is 4.74. The minimum absolute atomic E-state index is 0.00680. The van der Waals surface area contributed by atoms with Crippen molar-refractivity contribution in [1.29, 1.82) is 5.41 Å². The smallest absolute Gasteiger partial charge is 0.131 e. The van der Waals surface area contributed by atoms with Crippen LogP contribution in [0.25, 0.3) is 0 Å². The Morgan fingerprint density at radius 3 is 2.62 bits per heavy atom. The van der Waals surface area contributed by atoms with E-state index >= 15 is 0 Å². The number of amidine groups is 1. The molecule has 0 aliphatic carbocycles. The molecular weight excluding hydrogens is 269 g/mol. The Morgan fingerprint density at radius 2 is 2.00 bits per heavy atom. The lowest BCUT2D eigenvalue weighted by Gasteiger charge is -2.22. The highest BCUT2D eigenvalue weighted by atomic mass is 19.1. The third kappa shape index (κ3) is 3.31. The zero-order valence-electron chi connectivity index (χ0n) is 12.1. The molecule has 4 nitrogen and oxygen atoms in total. The fraction of sp³-hybridized carbons (Fsp3) is 0.188. The molecule has 2 rings (SSSR count). The fourth-order valence-corrected chi connectivity index (χ4v) is 2.16. The van der Waals surface area contributed by atoms with Crippen LogP contribution in [0.3, 0.4) is 0 Å². The van der Waals surface area contributed by atoms with Gasteiger partial charge < -0.3 is 15.4 Å². The third-order valence-electron chi connectivity index (χ3n) is 3.27. The summed E-state index contributed by atoms with van der Waals surface area (Å²) in [5, 5.41) is 7.61. The number of nitrogens with two attached hydrogens (primary N) is 1. The molecule has 0 aliphatic heterocycles. The molecule has 0 fully saturated rings. The number of nitrogen functional groups attached to an aromatic ring is 1. The lowest BCUT2D eigenvalue weighted by molar-refractivity contribution is 0.410. The summed E-state index contributed by atoms with van der Waals surface area (Å²) in [4.78, 5) is 1.86. The first-order valence-corrected chi connectivity index (χ1v) is 6.50. The Hall–Kier alpha value is -2.56. The first kappa shape index (κ1) is 14.8. The van der Waals surface area contributed by atoms with Gasteiger partial charge in [0.15, 0.2) is 0 Å². The minimum atomic E-state index is -0.318. The summed E-state index contributed by atoms with van der Waals surface area (Å²) in [7, 11) is 3.34. The van der Waals surface area contributed by atoms with Crippen molar-refractivity contribution in [3.63, 3.8) is 0 Å². The number of methoxy groups -OCH3 is 1. The van der Waals surface area contributed by atoms with Crippen LogP contribution in [0.1, 0.15) is 11.1 Å². The van der Waals surface area contributed by atoms with E-state index in [4.69, 9.17) is 15.9 Å². The molecule has 0 spiro atoms. The van der Waals surface area contributed by atoms with Crippen LogP contribution in [-0.2, 0) is 6.54 Å². The molecular formula is C16H18FN3O. The predicted octanol–water partition coefficient (Wildman–Crippen LogP) is 2.75. The van der Waals surface area contributed by atoms with Crippen LogP contribution in [0.2, 0.25) is 0 Å². The maximum absolute atomic E-state index is 14.0. The molecule has 0 atom stereocenters. The van der Waals surface area contributed by atoms with Crippen molar-refractivity contribution < 1.29 is 9.13 Å². The summed E-state index contributed by atoms with van der Waals surface area (Å²) in [5.41, 5.74) is 7.56. The van der Waals surface area contributed by atoms with Gasteiger partial charge in [-0.15, -0.1) is 0 Å². The normalized spacial score (nSPS) is 10.2. The molecule has 2 aromatic carbocycles. The van der Waals surface area contributed by atoms with Crippen molar-refractivity contribution in [2.75, 3.05) is 19.1 Å². The molecule has 0 saturated heterocycles. The van der Waals surface area contributed by atoms with Crippen LogP contribution in [-0.4, -0.2) is 20.0 Å². The molecule has 0 amide bonds. The van der Waals surface area contributed by atoms with E-state index in [1.807, 2.05) is 30.1 Å². The van der Waals surface area contributed by atoms with E-state index in [1.165, 1.54) is 13.2 Å². The lowest BCUT2D eigenvalue weighted by Crippen LogP contribution is -2.22. The van der Waals surface area contributed by atoms with Crippen molar-refractivity contribution in [1.82, 2.24) is 0 Å². The number of nitrogens with one attached hydrogen (secondary N) is 1. The number of nitrogens with zero attached hydrogens (tertiary/aromatic N) is 1. The van der Waals surface area contributed by atoms with Gasteiger partial charge in [0.05, 0.1) is 7.11 Å². The molecule has 2 aromatic rings. The molecule has 0 heterocycles. The molecule has 110 valence electrons. The van der Waals surface area contributed by atoms with Crippen molar-refractivity contribution in [3.05, 3.63) is 59.4 Å². The number of halogens is 1.